The first-order valence-electron chi connectivity index (χ1n) is 6.14. The molecule has 1 aromatic carbocycles. The third-order valence-corrected chi connectivity index (χ3v) is 3.00. The molecule has 0 heterocycles. The van der Waals surface area contributed by atoms with E-state index in [1.807, 2.05) is 24.3 Å². The van der Waals surface area contributed by atoms with Crippen LogP contribution < -0.4 is 16.2 Å². The molecule has 1 unspecified atom stereocenters. The summed E-state index contributed by atoms with van der Waals surface area (Å²) in [6, 6.07) is 7.92. The number of carbonyl (C=O) groups excluding carboxylic acids is 1. The van der Waals surface area contributed by atoms with Gasteiger partial charge in [-0.1, -0.05) is 26.0 Å². The molecule has 0 aliphatic carbocycles. The van der Waals surface area contributed by atoms with Crippen molar-refractivity contribution < 1.29 is 9.53 Å². The Balaban J connectivity index is 2.47. The lowest BCUT2D eigenvalue weighted by atomic mass is 9.99. The van der Waals surface area contributed by atoms with Gasteiger partial charge in [-0.2, -0.15) is 0 Å². The third-order valence-electron chi connectivity index (χ3n) is 3.00. The molecular weight excluding hydrogens is 228 g/mol. The molecule has 0 aliphatic rings. The van der Waals surface area contributed by atoms with Crippen LogP contribution in [0.2, 0.25) is 0 Å². The van der Waals surface area contributed by atoms with Crippen molar-refractivity contribution in [3.63, 3.8) is 0 Å². The standard InChI is InChI=1S/C14H22N2O2/c1-10(2)11-4-6-12(7-5-11)18-9-8-14(3,16)13(15)17/h4-7,10H,8-9,16H2,1-3H3,(H2,15,17). The van der Waals surface area contributed by atoms with Crippen molar-refractivity contribution in [1.29, 1.82) is 0 Å². The quantitative estimate of drug-likeness (QED) is 0.807. The zero-order valence-corrected chi connectivity index (χ0v) is 11.3. The number of nitrogens with two attached hydrogens (primary N) is 2. The van der Waals surface area contributed by atoms with Gasteiger partial charge in [0.25, 0.3) is 0 Å². The van der Waals surface area contributed by atoms with Crippen molar-refractivity contribution >= 4 is 5.91 Å². The number of carbonyl (C=O) groups is 1. The van der Waals surface area contributed by atoms with Gasteiger partial charge in [0, 0.05) is 6.42 Å². The summed E-state index contributed by atoms with van der Waals surface area (Å²) in [5.41, 5.74) is 11.2. The van der Waals surface area contributed by atoms with E-state index in [1.54, 1.807) is 6.92 Å². The van der Waals surface area contributed by atoms with Crippen LogP contribution in [-0.4, -0.2) is 18.1 Å². The van der Waals surface area contributed by atoms with Gasteiger partial charge >= 0.3 is 0 Å². The Bertz CT molecular complexity index is 397. The summed E-state index contributed by atoms with van der Waals surface area (Å²) in [6.07, 6.45) is 0.397. The molecule has 0 bridgehead atoms. The van der Waals surface area contributed by atoms with E-state index in [1.165, 1.54) is 5.56 Å². The topological polar surface area (TPSA) is 78.3 Å². The Hall–Kier alpha value is -1.55. The maximum Gasteiger partial charge on any atom is 0.237 e. The van der Waals surface area contributed by atoms with Crippen LogP contribution in [0, 0.1) is 0 Å². The molecule has 0 aliphatic heterocycles. The fourth-order valence-electron chi connectivity index (χ4n) is 1.45. The highest BCUT2D eigenvalue weighted by atomic mass is 16.5. The van der Waals surface area contributed by atoms with Crippen LogP contribution in [0.4, 0.5) is 0 Å². The molecule has 0 saturated heterocycles. The molecule has 4 N–H and O–H groups in total. The first kappa shape index (κ1) is 14.5. The Kier molecular flexibility index (Phi) is 4.73. The van der Waals surface area contributed by atoms with Crippen molar-refractivity contribution in [3.8, 4) is 5.75 Å². The lowest BCUT2D eigenvalue weighted by Gasteiger charge is -2.20. The molecule has 0 saturated carbocycles. The summed E-state index contributed by atoms with van der Waals surface area (Å²) in [5, 5.41) is 0. The first-order valence-corrected chi connectivity index (χ1v) is 6.14. The van der Waals surface area contributed by atoms with E-state index in [9.17, 15) is 4.79 Å². The van der Waals surface area contributed by atoms with Crippen molar-refractivity contribution in [2.45, 2.75) is 38.6 Å². The minimum atomic E-state index is -1.02. The van der Waals surface area contributed by atoms with Gasteiger partial charge in [0.05, 0.1) is 12.1 Å². The summed E-state index contributed by atoms with van der Waals surface area (Å²) in [6.45, 7) is 6.27. The maximum atomic E-state index is 11.0. The third kappa shape index (κ3) is 4.04. The Labute approximate surface area is 108 Å². The van der Waals surface area contributed by atoms with Gasteiger partial charge in [0.2, 0.25) is 5.91 Å². The number of hydrogen-bond acceptors (Lipinski definition) is 3. The molecule has 4 nitrogen and oxygen atoms in total. The average molecular weight is 250 g/mol. The van der Waals surface area contributed by atoms with E-state index in [0.29, 0.717) is 18.9 Å². The molecule has 100 valence electrons. The predicted octanol–water partition coefficient (Wildman–Crippen LogP) is 1.78. The van der Waals surface area contributed by atoms with Crippen molar-refractivity contribution in [3.05, 3.63) is 29.8 Å². The fourth-order valence-corrected chi connectivity index (χ4v) is 1.45. The molecule has 1 amide bonds. The van der Waals surface area contributed by atoms with Crippen LogP contribution in [0.5, 0.6) is 5.75 Å². The number of amides is 1. The number of ether oxygens (including phenoxy) is 1. The second-order valence-corrected chi connectivity index (χ2v) is 5.10. The van der Waals surface area contributed by atoms with Gasteiger partial charge in [-0.25, -0.2) is 0 Å². The van der Waals surface area contributed by atoms with E-state index in [2.05, 4.69) is 13.8 Å². The van der Waals surface area contributed by atoms with E-state index >= 15 is 0 Å². The largest absolute Gasteiger partial charge is 0.494 e. The minimum absolute atomic E-state index is 0.372. The highest BCUT2D eigenvalue weighted by Crippen LogP contribution is 2.19. The SMILES string of the molecule is CC(C)c1ccc(OCCC(C)(N)C(N)=O)cc1. The molecule has 4 heteroatoms. The monoisotopic (exact) mass is 250 g/mol. The molecule has 1 atom stereocenters. The van der Waals surface area contributed by atoms with Gasteiger partial charge in [-0.15, -0.1) is 0 Å². The first-order chi connectivity index (χ1) is 8.33. The fraction of sp³-hybridized carbons (Fsp3) is 0.500. The second kappa shape index (κ2) is 5.87. The van der Waals surface area contributed by atoms with Gasteiger partial charge in [-0.05, 0) is 30.5 Å². The number of rotatable bonds is 6. The lowest BCUT2D eigenvalue weighted by Crippen LogP contribution is -2.50. The molecule has 18 heavy (non-hydrogen) atoms. The normalized spacial score (nSPS) is 14.3. The van der Waals surface area contributed by atoms with E-state index < -0.39 is 11.4 Å². The van der Waals surface area contributed by atoms with Crippen LogP contribution >= 0.6 is 0 Å². The van der Waals surface area contributed by atoms with Gasteiger partial charge in [-0.3, -0.25) is 4.79 Å². The Morgan fingerprint density at radius 2 is 1.89 bits per heavy atom. The van der Waals surface area contributed by atoms with Crippen LogP contribution in [0.1, 0.15) is 38.7 Å². The molecule has 0 fully saturated rings. The molecule has 0 aromatic heterocycles. The Morgan fingerprint density at radius 1 is 1.33 bits per heavy atom. The van der Waals surface area contributed by atoms with Crippen molar-refractivity contribution in [2.24, 2.45) is 11.5 Å². The van der Waals surface area contributed by atoms with Gasteiger partial charge < -0.3 is 16.2 Å². The molecule has 0 spiro atoms. The van der Waals surface area contributed by atoms with Crippen molar-refractivity contribution in [1.82, 2.24) is 0 Å². The average Bonchev–Trinajstić information content (AvgIpc) is 2.29. The number of benzene rings is 1. The lowest BCUT2D eigenvalue weighted by molar-refractivity contribution is -0.123. The zero-order valence-electron chi connectivity index (χ0n) is 11.3. The molecule has 0 radical (unpaired) electrons. The second-order valence-electron chi connectivity index (χ2n) is 5.10. The smallest absolute Gasteiger partial charge is 0.237 e. The predicted molar refractivity (Wildman–Crippen MR) is 72.4 cm³/mol. The van der Waals surface area contributed by atoms with Gasteiger partial charge in [0.15, 0.2) is 0 Å². The summed E-state index contributed by atoms with van der Waals surface area (Å²) >= 11 is 0. The summed E-state index contributed by atoms with van der Waals surface area (Å²) in [5.74, 6) is 0.766. The maximum absolute atomic E-state index is 11.0. The minimum Gasteiger partial charge on any atom is -0.494 e. The number of primary amides is 1. The van der Waals surface area contributed by atoms with Crippen molar-refractivity contribution in [2.75, 3.05) is 6.61 Å². The zero-order chi connectivity index (χ0) is 13.8. The molecular formula is C14H22N2O2. The number of hydrogen-bond donors (Lipinski definition) is 2. The van der Waals surface area contributed by atoms with Crippen LogP contribution in [0.25, 0.3) is 0 Å². The molecule has 1 rings (SSSR count). The molecule has 1 aromatic rings. The van der Waals surface area contributed by atoms with Crippen LogP contribution in [-0.2, 0) is 4.79 Å². The summed E-state index contributed by atoms with van der Waals surface area (Å²) in [4.78, 5) is 11.0. The summed E-state index contributed by atoms with van der Waals surface area (Å²) < 4.78 is 5.54. The van der Waals surface area contributed by atoms with E-state index in [-0.39, 0.29) is 0 Å². The highest BCUT2D eigenvalue weighted by molar-refractivity contribution is 5.83. The van der Waals surface area contributed by atoms with Crippen LogP contribution in [0.3, 0.4) is 0 Å². The summed E-state index contributed by atoms with van der Waals surface area (Å²) in [7, 11) is 0. The van der Waals surface area contributed by atoms with Crippen LogP contribution in [0.15, 0.2) is 24.3 Å². The van der Waals surface area contributed by atoms with Gasteiger partial charge in [0.1, 0.15) is 5.75 Å². The van der Waals surface area contributed by atoms with E-state index in [4.69, 9.17) is 16.2 Å². The Morgan fingerprint density at radius 3 is 2.33 bits per heavy atom. The van der Waals surface area contributed by atoms with E-state index in [0.717, 1.165) is 5.75 Å². The highest BCUT2D eigenvalue weighted by Gasteiger charge is 2.25.